The highest BCUT2D eigenvalue weighted by Crippen LogP contribution is 2.24. The molecule has 0 aliphatic heterocycles. The van der Waals surface area contributed by atoms with Crippen molar-refractivity contribution < 1.29 is 8.42 Å². The van der Waals surface area contributed by atoms with Crippen LogP contribution >= 0.6 is 11.8 Å². The van der Waals surface area contributed by atoms with Crippen molar-refractivity contribution in [1.82, 2.24) is 0 Å². The lowest BCUT2D eigenvalue weighted by Crippen LogP contribution is -2.05. The van der Waals surface area contributed by atoms with Gasteiger partial charge in [-0.15, -0.1) is 11.8 Å². The number of hydrogen-bond donors (Lipinski definition) is 1. The van der Waals surface area contributed by atoms with Crippen LogP contribution in [0.2, 0.25) is 0 Å². The van der Waals surface area contributed by atoms with Gasteiger partial charge in [-0.05, 0) is 24.6 Å². The van der Waals surface area contributed by atoms with Crippen molar-refractivity contribution in [2.75, 3.05) is 23.5 Å². The number of nitrogens with two attached hydrogens (primary N) is 1. The molecule has 0 radical (unpaired) electrons. The smallest absolute Gasteiger partial charge is 0.148 e. The Kier molecular flexibility index (Phi) is 4.04. The number of aryl methyl sites for hydroxylation is 1. The van der Waals surface area contributed by atoms with Crippen molar-refractivity contribution in [3.05, 3.63) is 23.8 Å². The number of hydrogen-bond acceptors (Lipinski definition) is 4. The highest BCUT2D eigenvalue weighted by atomic mass is 32.2. The second-order valence-electron chi connectivity index (χ2n) is 3.50. The minimum absolute atomic E-state index is 0.200. The van der Waals surface area contributed by atoms with Crippen molar-refractivity contribution in [2.24, 2.45) is 0 Å². The molecule has 2 N–H and O–H groups in total. The van der Waals surface area contributed by atoms with Gasteiger partial charge in [0, 0.05) is 22.6 Å². The molecule has 0 saturated carbocycles. The molecule has 0 amide bonds. The first kappa shape index (κ1) is 12.4. The highest BCUT2D eigenvalue weighted by Gasteiger charge is 2.04. The molecule has 0 heterocycles. The van der Waals surface area contributed by atoms with Crippen LogP contribution in [0, 0.1) is 6.92 Å². The maximum atomic E-state index is 10.9. The molecule has 1 aromatic carbocycles. The van der Waals surface area contributed by atoms with Gasteiger partial charge in [0.1, 0.15) is 9.84 Å². The van der Waals surface area contributed by atoms with Crippen LogP contribution in [0.25, 0.3) is 0 Å². The van der Waals surface area contributed by atoms with E-state index < -0.39 is 9.84 Å². The SMILES string of the molecule is Cc1ccc(N)cc1SCCS(C)(=O)=O. The van der Waals surface area contributed by atoms with Crippen molar-refractivity contribution >= 4 is 27.3 Å². The lowest BCUT2D eigenvalue weighted by Gasteiger charge is -2.05. The minimum Gasteiger partial charge on any atom is -0.399 e. The zero-order valence-corrected chi connectivity index (χ0v) is 10.5. The number of thioether (sulfide) groups is 1. The summed E-state index contributed by atoms with van der Waals surface area (Å²) >= 11 is 1.53. The maximum Gasteiger partial charge on any atom is 0.148 e. The molecule has 1 aromatic rings. The number of benzene rings is 1. The number of rotatable bonds is 4. The summed E-state index contributed by atoms with van der Waals surface area (Å²) in [4.78, 5) is 1.05. The molecule has 5 heteroatoms. The van der Waals surface area contributed by atoms with E-state index in [4.69, 9.17) is 5.73 Å². The maximum absolute atomic E-state index is 10.9. The minimum atomic E-state index is -2.87. The van der Waals surface area contributed by atoms with Crippen LogP contribution in [0.15, 0.2) is 23.1 Å². The summed E-state index contributed by atoms with van der Waals surface area (Å²) in [5.74, 6) is 0.773. The monoisotopic (exact) mass is 245 g/mol. The van der Waals surface area contributed by atoms with E-state index in [0.717, 1.165) is 10.5 Å². The first-order valence-electron chi connectivity index (χ1n) is 4.55. The normalized spacial score (nSPS) is 11.6. The van der Waals surface area contributed by atoms with Crippen molar-refractivity contribution in [3.63, 3.8) is 0 Å². The van der Waals surface area contributed by atoms with Crippen LogP contribution in [0.5, 0.6) is 0 Å². The fourth-order valence-corrected chi connectivity index (χ4v) is 3.35. The molecule has 3 nitrogen and oxygen atoms in total. The summed E-state index contributed by atoms with van der Waals surface area (Å²) in [6, 6.07) is 5.66. The number of anilines is 1. The fraction of sp³-hybridized carbons (Fsp3) is 0.400. The number of nitrogen functional groups attached to an aromatic ring is 1. The van der Waals surface area contributed by atoms with Gasteiger partial charge < -0.3 is 5.73 Å². The van der Waals surface area contributed by atoms with Gasteiger partial charge in [0.2, 0.25) is 0 Å². The summed E-state index contributed by atoms with van der Waals surface area (Å²) in [7, 11) is -2.87. The average molecular weight is 245 g/mol. The summed E-state index contributed by atoms with van der Waals surface area (Å²) in [5, 5.41) is 0. The molecule has 0 bridgehead atoms. The molecular weight excluding hydrogens is 230 g/mol. The van der Waals surface area contributed by atoms with Gasteiger partial charge in [-0.3, -0.25) is 0 Å². The van der Waals surface area contributed by atoms with E-state index in [0.29, 0.717) is 11.4 Å². The predicted octanol–water partition coefficient (Wildman–Crippen LogP) is 1.71. The molecule has 84 valence electrons. The summed E-state index contributed by atoms with van der Waals surface area (Å²) in [6.07, 6.45) is 1.25. The Morgan fingerprint density at radius 1 is 1.40 bits per heavy atom. The first-order chi connectivity index (χ1) is 6.88. The van der Waals surface area contributed by atoms with Gasteiger partial charge in [-0.2, -0.15) is 0 Å². The Bertz CT molecular complexity index is 441. The Balaban J connectivity index is 2.61. The lowest BCUT2D eigenvalue weighted by molar-refractivity contribution is 0.603. The van der Waals surface area contributed by atoms with E-state index in [1.165, 1.54) is 18.0 Å². The van der Waals surface area contributed by atoms with Crippen LogP contribution in [-0.4, -0.2) is 26.2 Å². The average Bonchev–Trinajstić information content (AvgIpc) is 2.09. The van der Waals surface area contributed by atoms with Crippen LogP contribution in [0.4, 0.5) is 5.69 Å². The zero-order chi connectivity index (χ0) is 11.5. The molecule has 0 atom stereocenters. The second kappa shape index (κ2) is 4.90. The van der Waals surface area contributed by atoms with Gasteiger partial charge in [0.05, 0.1) is 5.75 Å². The fourth-order valence-electron chi connectivity index (χ4n) is 1.08. The zero-order valence-electron chi connectivity index (χ0n) is 8.86. The summed E-state index contributed by atoms with van der Waals surface area (Å²) < 4.78 is 21.9. The molecule has 0 saturated heterocycles. The van der Waals surface area contributed by atoms with Gasteiger partial charge in [-0.25, -0.2) is 8.42 Å². The second-order valence-corrected chi connectivity index (χ2v) is 6.90. The van der Waals surface area contributed by atoms with Gasteiger partial charge in [-0.1, -0.05) is 6.07 Å². The lowest BCUT2D eigenvalue weighted by atomic mass is 10.2. The molecule has 0 fully saturated rings. The third kappa shape index (κ3) is 4.57. The van der Waals surface area contributed by atoms with E-state index >= 15 is 0 Å². The molecular formula is C10H15NO2S2. The Labute approximate surface area is 95.0 Å². The summed E-state index contributed by atoms with van der Waals surface area (Å²) in [6.45, 7) is 1.99. The van der Waals surface area contributed by atoms with Crippen LogP contribution in [0.1, 0.15) is 5.56 Å². The molecule has 1 rings (SSSR count). The number of sulfone groups is 1. The molecule has 0 aliphatic carbocycles. The van der Waals surface area contributed by atoms with Gasteiger partial charge in [0.15, 0.2) is 0 Å². The molecule has 0 unspecified atom stereocenters. The molecule has 15 heavy (non-hydrogen) atoms. The Morgan fingerprint density at radius 3 is 2.67 bits per heavy atom. The van der Waals surface area contributed by atoms with E-state index in [1.807, 2.05) is 25.1 Å². The Morgan fingerprint density at radius 2 is 2.07 bits per heavy atom. The largest absolute Gasteiger partial charge is 0.399 e. The van der Waals surface area contributed by atoms with E-state index in [-0.39, 0.29) is 5.75 Å². The third-order valence-corrected chi connectivity index (χ3v) is 4.29. The molecule has 0 aliphatic rings. The standard InChI is InChI=1S/C10H15NO2S2/c1-8-3-4-9(11)7-10(8)14-5-6-15(2,12)13/h3-4,7H,5-6,11H2,1-2H3. The van der Waals surface area contributed by atoms with Gasteiger partial charge >= 0.3 is 0 Å². The van der Waals surface area contributed by atoms with Crippen molar-refractivity contribution in [2.45, 2.75) is 11.8 Å². The van der Waals surface area contributed by atoms with Crippen LogP contribution < -0.4 is 5.73 Å². The van der Waals surface area contributed by atoms with Crippen LogP contribution in [-0.2, 0) is 9.84 Å². The molecule has 0 aromatic heterocycles. The highest BCUT2D eigenvalue weighted by molar-refractivity contribution is 8.00. The van der Waals surface area contributed by atoms with Gasteiger partial charge in [0.25, 0.3) is 0 Å². The predicted molar refractivity (Wildman–Crippen MR) is 66.0 cm³/mol. The summed E-state index contributed by atoms with van der Waals surface area (Å²) in [5.41, 5.74) is 7.49. The molecule has 0 spiro atoms. The van der Waals surface area contributed by atoms with E-state index in [9.17, 15) is 8.42 Å². The first-order valence-corrected chi connectivity index (χ1v) is 7.60. The third-order valence-electron chi connectivity index (χ3n) is 1.92. The van der Waals surface area contributed by atoms with Crippen LogP contribution in [0.3, 0.4) is 0 Å². The Hall–Kier alpha value is -0.680. The van der Waals surface area contributed by atoms with E-state index in [2.05, 4.69) is 0 Å². The van der Waals surface area contributed by atoms with Crippen molar-refractivity contribution in [1.29, 1.82) is 0 Å². The quantitative estimate of drug-likeness (QED) is 0.648. The van der Waals surface area contributed by atoms with Crippen molar-refractivity contribution in [3.8, 4) is 0 Å². The topological polar surface area (TPSA) is 60.2 Å². The van der Waals surface area contributed by atoms with E-state index in [1.54, 1.807) is 0 Å².